The van der Waals surface area contributed by atoms with Gasteiger partial charge in [0.05, 0.1) is 16.7 Å². The van der Waals surface area contributed by atoms with E-state index in [1.165, 1.54) is 43.5 Å². The third-order valence-corrected chi connectivity index (χ3v) is 8.66. The van der Waals surface area contributed by atoms with Crippen molar-refractivity contribution in [2.24, 2.45) is 0 Å². The minimum Gasteiger partial charge on any atom is -0.457 e. The maximum absolute atomic E-state index is 13.8. The van der Waals surface area contributed by atoms with Gasteiger partial charge in [0.15, 0.2) is 11.5 Å². The molecule has 0 spiro atoms. The van der Waals surface area contributed by atoms with Crippen LogP contribution in [-0.4, -0.2) is 67.6 Å². The molecule has 2 aliphatic heterocycles. The van der Waals surface area contributed by atoms with Crippen molar-refractivity contribution in [2.45, 2.75) is 16.9 Å². The van der Waals surface area contributed by atoms with Gasteiger partial charge in [-0.1, -0.05) is 66.7 Å². The van der Waals surface area contributed by atoms with Crippen LogP contribution in [0.2, 0.25) is 0 Å². The first-order valence-corrected chi connectivity index (χ1v) is 13.8. The van der Waals surface area contributed by atoms with E-state index in [1.807, 2.05) is 0 Å². The Morgan fingerprint density at radius 1 is 0.775 bits per heavy atom. The molecule has 0 aromatic heterocycles. The zero-order chi connectivity index (χ0) is 28.4. The summed E-state index contributed by atoms with van der Waals surface area (Å²) in [4.78, 5) is 53.5. The highest BCUT2D eigenvalue weighted by Crippen LogP contribution is 2.43. The zero-order valence-corrected chi connectivity index (χ0v) is 21.9. The number of benzene rings is 3. The van der Waals surface area contributed by atoms with Crippen molar-refractivity contribution in [1.82, 2.24) is 4.90 Å². The summed E-state index contributed by atoms with van der Waals surface area (Å²) in [6.45, 7) is -0.748. The van der Waals surface area contributed by atoms with Crippen molar-refractivity contribution in [2.75, 3.05) is 13.7 Å². The van der Waals surface area contributed by atoms with Crippen LogP contribution in [0, 0.1) is 0 Å². The predicted octanol–water partition coefficient (Wildman–Crippen LogP) is 2.78. The van der Waals surface area contributed by atoms with E-state index in [-0.39, 0.29) is 28.0 Å². The number of esters is 2. The van der Waals surface area contributed by atoms with E-state index in [0.29, 0.717) is 0 Å². The second kappa shape index (κ2) is 10.9. The van der Waals surface area contributed by atoms with Crippen molar-refractivity contribution >= 4 is 33.5 Å². The van der Waals surface area contributed by atoms with Gasteiger partial charge in [0.25, 0.3) is 5.91 Å². The summed E-state index contributed by atoms with van der Waals surface area (Å²) in [6, 6.07) is 23.5. The van der Waals surface area contributed by atoms with Gasteiger partial charge in [-0.3, -0.25) is 14.5 Å². The van der Waals surface area contributed by atoms with Crippen LogP contribution in [0.5, 0.6) is 0 Å². The Morgan fingerprint density at radius 3 is 1.80 bits per heavy atom. The molecular formula is C29H23NO9S. The summed E-state index contributed by atoms with van der Waals surface area (Å²) in [5, 5.41) is -1.63. The van der Waals surface area contributed by atoms with Crippen LogP contribution in [0.1, 0.15) is 31.1 Å². The standard InChI is InChI=1S/C29H23NO9S/c1-37-24-25(32)30-22(23(31)18-11-5-2-6-12-18)21(17-38-27(33)19-13-7-3-8-14-19)29(40(35,36)26(24)30)39-28(34)20-15-9-4-10-16-20/h2-16,24,26,29H,17H2,1H3/t24-,26+,29?/m0/s1. The highest BCUT2D eigenvalue weighted by atomic mass is 32.2. The van der Waals surface area contributed by atoms with E-state index in [2.05, 4.69) is 0 Å². The number of sulfone groups is 1. The molecule has 0 saturated carbocycles. The molecule has 1 fully saturated rings. The number of amides is 1. The molecule has 1 unspecified atom stereocenters. The largest absolute Gasteiger partial charge is 0.457 e. The molecule has 1 saturated heterocycles. The van der Waals surface area contributed by atoms with Crippen LogP contribution >= 0.6 is 0 Å². The second-order valence-electron chi connectivity index (χ2n) is 8.96. The number of nitrogens with zero attached hydrogens (tertiary/aromatic N) is 1. The van der Waals surface area contributed by atoms with Gasteiger partial charge in [-0.05, 0) is 24.3 Å². The first-order valence-electron chi connectivity index (χ1n) is 12.1. The Hall–Kier alpha value is -4.61. The molecule has 0 aliphatic carbocycles. The zero-order valence-electron chi connectivity index (χ0n) is 21.1. The number of hydrogen-bond donors (Lipinski definition) is 0. The van der Waals surface area contributed by atoms with Gasteiger partial charge < -0.3 is 14.2 Å². The summed E-state index contributed by atoms with van der Waals surface area (Å²) < 4.78 is 43.8. The fourth-order valence-electron chi connectivity index (χ4n) is 4.60. The molecule has 2 heterocycles. The van der Waals surface area contributed by atoms with Gasteiger partial charge in [0.2, 0.25) is 21.1 Å². The van der Waals surface area contributed by atoms with Crippen molar-refractivity contribution in [1.29, 1.82) is 0 Å². The Bertz CT molecular complexity index is 1600. The molecule has 204 valence electrons. The summed E-state index contributed by atoms with van der Waals surface area (Å²) in [6.07, 6.45) is -1.42. The lowest BCUT2D eigenvalue weighted by molar-refractivity contribution is -0.159. The molecule has 1 amide bonds. The van der Waals surface area contributed by atoms with E-state index in [4.69, 9.17) is 14.2 Å². The molecule has 11 heteroatoms. The first-order chi connectivity index (χ1) is 19.3. The molecule has 0 N–H and O–H groups in total. The summed E-state index contributed by atoms with van der Waals surface area (Å²) >= 11 is 0. The van der Waals surface area contributed by atoms with Crippen LogP contribution < -0.4 is 0 Å². The topological polar surface area (TPSA) is 133 Å². The molecule has 2 aliphatic rings. The molecule has 0 bridgehead atoms. The third kappa shape index (κ3) is 4.69. The Labute approximate surface area is 229 Å². The number of methoxy groups -OCH3 is 1. The first kappa shape index (κ1) is 27.0. The molecule has 3 aromatic carbocycles. The van der Waals surface area contributed by atoms with Gasteiger partial charge in [0, 0.05) is 12.7 Å². The SMILES string of the molecule is CO[C@H]1C(=O)N2C(C(=O)c3ccccc3)=C(COC(=O)c3ccccc3)C(OC(=O)c3ccccc3)S(=O)(=O)[C@H]12. The number of rotatable bonds is 8. The minimum atomic E-state index is -4.54. The summed E-state index contributed by atoms with van der Waals surface area (Å²) in [5.74, 6) is -3.28. The number of allylic oxidation sites excluding steroid dienone is 1. The maximum atomic E-state index is 13.8. The molecule has 10 nitrogen and oxygen atoms in total. The van der Waals surface area contributed by atoms with E-state index >= 15 is 0 Å². The van der Waals surface area contributed by atoms with Gasteiger partial charge in [-0.2, -0.15) is 0 Å². The number of carbonyl (C=O) groups excluding carboxylic acids is 4. The number of Topliss-reactive ketones (excluding diaryl/α,β-unsaturated/α-hetero) is 1. The van der Waals surface area contributed by atoms with Crippen LogP contribution in [0.3, 0.4) is 0 Å². The van der Waals surface area contributed by atoms with E-state index < -0.39 is 57.0 Å². The van der Waals surface area contributed by atoms with Crippen molar-refractivity contribution in [3.05, 3.63) is 119 Å². The van der Waals surface area contributed by atoms with Crippen molar-refractivity contribution < 1.29 is 41.8 Å². The molecular weight excluding hydrogens is 538 g/mol. The fraction of sp³-hybridized carbons (Fsp3) is 0.172. The van der Waals surface area contributed by atoms with Crippen molar-refractivity contribution in [3.8, 4) is 0 Å². The van der Waals surface area contributed by atoms with Crippen molar-refractivity contribution in [3.63, 3.8) is 0 Å². The minimum absolute atomic E-state index is 0.0599. The Balaban J connectivity index is 1.64. The Morgan fingerprint density at radius 2 is 1.27 bits per heavy atom. The lowest BCUT2D eigenvalue weighted by Gasteiger charge is -2.50. The number of ether oxygens (including phenoxy) is 3. The quantitative estimate of drug-likeness (QED) is 0.231. The van der Waals surface area contributed by atoms with Crippen LogP contribution in [0.4, 0.5) is 0 Å². The molecule has 40 heavy (non-hydrogen) atoms. The summed E-state index contributed by atoms with van der Waals surface area (Å²) in [5.41, 5.74) is -2.38. The van der Waals surface area contributed by atoms with Crippen LogP contribution in [0.15, 0.2) is 102 Å². The monoisotopic (exact) mass is 561 g/mol. The molecule has 5 rings (SSSR count). The Kier molecular flexibility index (Phi) is 7.33. The number of ketones is 1. The van der Waals surface area contributed by atoms with E-state index in [9.17, 15) is 27.6 Å². The molecule has 3 atom stereocenters. The van der Waals surface area contributed by atoms with Crippen LogP contribution in [-0.2, 0) is 28.8 Å². The van der Waals surface area contributed by atoms with Gasteiger partial charge in [0.1, 0.15) is 12.3 Å². The average molecular weight is 562 g/mol. The van der Waals surface area contributed by atoms with Gasteiger partial charge in [-0.25, -0.2) is 18.0 Å². The average Bonchev–Trinajstić information content (AvgIpc) is 2.98. The number of fused-ring (bicyclic) bond motifs is 1. The molecule has 3 aromatic rings. The summed E-state index contributed by atoms with van der Waals surface area (Å²) in [7, 11) is -3.37. The van der Waals surface area contributed by atoms with E-state index in [1.54, 1.807) is 54.6 Å². The molecule has 0 radical (unpaired) electrons. The third-order valence-electron chi connectivity index (χ3n) is 6.56. The number of hydrogen-bond acceptors (Lipinski definition) is 9. The predicted molar refractivity (Wildman–Crippen MR) is 141 cm³/mol. The number of carbonyl (C=O) groups is 4. The highest BCUT2D eigenvalue weighted by Gasteiger charge is 2.64. The van der Waals surface area contributed by atoms with E-state index in [0.717, 1.165) is 4.90 Å². The van der Waals surface area contributed by atoms with Gasteiger partial charge >= 0.3 is 11.9 Å². The number of β-lactam (4-membered cyclic amide) rings is 1. The van der Waals surface area contributed by atoms with Gasteiger partial charge in [-0.15, -0.1) is 0 Å². The fourth-order valence-corrected chi connectivity index (χ4v) is 6.73. The highest BCUT2D eigenvalue weighted by molar-refractivity contribution is 7.93. The maximum Gasteiger partial charge on any atom is 0.339 e. The normalized spacial score (nSPS) is 21.2. The second-order valence-corrected chi connectivity index (χ2v) is 11.0. The van der Waals surface area contributed by atoms with Crippen LogP contribution in [0.25, 0.3) is 0 Å². The lowest BCUT2D eigenvalue weighted by Crippen LogP contribution is -2.72. The lowest BCUT2D eigenvalue weighted by atomic mass is 9.98. The smallest absolute Gasteiger partial charge is 0.339 e.